The normalized spacial score (nSPS) is 10.9. The van der Waals surface area contributed by atoms with Gasteiger partial charge in [0, 0.05) is 49.1 Å². The van der Waals surface area contributed by atoms with Gasteiger partial charge in [0.2, 0.25) is 17.6 Å². The van der Waals surface area contributed by atoms with Crippen molar-refractivity contribution in [1.82, 2.24) is 25.4 Å². The fourth-order valence-corrected chi connectivity index (χ4v) is 2.67. The molecule has 0 aliphatic heterocycles. The van der Waals surface area contributed by atoms with E-state index in [1.807, 2.05) is 42.6 Å². The molecule has 26 heavy (non-hydrogen) atoms. The van der Waals surface area contributed by atoms with Crippen molar-refractivity contribution in [3.05, 3.63) is 66.4 Å². The molecule has 130 valence electrons. The standard InChI is InChI=1S/C19H17N5O2/c25-17(22-12-13-5-8-20-9-6-13)3-4-18-23-19(24-26-18)15-2-1-14-7-10-21-16(14)11-15/h1-2,5-11,21H,3-4,12H2,(H,22,25). The number of H-pyrrole nitrogens is 1. The fraction of sp³-hybridized carbons (Fsp3) is 0.158. The molecule has 2 N–H and O–H groups in total. The quantitative estimate of drug-likeness (QED) is 0.559. The highest BCUT2D eigenvalue weighted by atomic mass is 16.5. The van der Waals surface area contributed by atoms with Crippen LogP contribution in [0.4, 0.5) is 0 Å². The second-order valence-electron chi connectivity index (χ2n) is 5.92. The highest BCUT2D eigenvalue weighted by Gasteiger charge is 2.11. The lowest BCUT2D eigenvalue weighted by molar-refractivity contribution is -0.121. The Hall–Kier alpha value is -3.48. The molecular weight excluding hydrogens is 330 g/mol. The van der Waals surface area contributed by atoms with Gasteiger partial charge in [0.1, 0.15) is 0 Å². The molecule has 1 amide bonds. The van der Waals surface area contributed by atoms with Crippen LogP contribution >= 0.6 is 0 Å². The van der Waals surface area contributed by atoms with Gasteiger partial charge in [-0.05, 0) is 35.2 Å². The lowest BCUT2D eigenvalue weighted by Gasteiger charge is -2.03. The number of nitrogens with zero attached hydrogens (tertiary/aromatic N) is 3. The molecule has 0 fully saturated rings. The van der Waals surface area contributed by atoms with Gasteiger partial charge >= 0.3 is 0 Å². The van der Waals surface area contributed by atoms with Crippen molar-refractivity contribution >= 4 is 16.8 Å². The third-order valence-electron chi connectivity index (χ3n) is 4.09. The van der Waals surface area contributed by atoms with E-state index in [2.05, 4.69) is 25.4 Å². The number of rotatable bonds is 6. The van der Waals surface area contributed by atoms with Crippen molar-refractivity contribution in [3.8, 4) is 11.4 Å². The van der Waals surface area contributed by atoms with Crippen LogP contribution in [-0.2, 0) is 17.8 Å². The zero-order valence-electron chi connectivity index (χ0n) is 14.0. The average molecular weight is 347 g/mol. The predicted octanol–water partition coefficient (Wildman–Crippen LogP) is 2.86. The highest BCUT2D eigenvalue weighted by Crippen LogP contribution is 2.21. The summed E-state index contributed by atoms with van der Waals surface area (Å²) in [6.07, 6.45) is 5.99. The molecule has 0 spiro atoms. The molecule has 0 atom stereocenters. The first kappa shape index (κ1) is 16.0. The van der Waals surface area contributed by atoms with E-state index in [9.17, 15) is 4.79 Å². The second kappa shape index (κ2) is 7.18. The zero-order chi connectivity index (χ0) is 17.8. The number of aromatic amines is 1. The maximum Gasteiger partial charge on any atom is 0.227 e. The summed E-state index contributed by atoms with van der Waals surface area (Å²) in [5.74, 6) is 0.911. The number of pyridine rings is 1. The second-order valence-corrected chi connectivity index (χ2v) is 5.92. The molecule has 4 rings (SSSR count). The number of hydrogen-bond donors (Lipinski definition) is 2. The van der Waals surface area contributed by atoms with Crippen molar-refractivity contribution in [2.75, 3.05) is 0 Å². The summed E-state index contributed by atoms with van der Waals surface area (Å²) in [5.41, 5.74) is 2.90. The van der Waals surface area contributed by atoms with Crippen LogP contribution in [0, 0.1) is 0 Å². The van der Waals surface area contributed by atoms with Crippen molar-refractivity contribution < 1.29 is 9.32 Å². The minimum Gasteiger partial charge on any atom is -0.361 e. The number of aromatic nitrogens is 4. The summed E-state index contributed by atoms with van der Waals surface area (Å²) in [4.78, 5) is 23.5. The fourth-order valence-electron chi connectivity index (χ4n) is 2.67. The molecule has 3 heterocycles. The van der Waals surface area contributed by atoms with Crippen LogP contribution in [0.2, 0.25) is 0 Å². The summed E-state index contributed by atoms with van der Waals surface area (Å²) >= 11 is 0. The number of fused-ring (bicyclic) bond motifs is 1. The van der Waals surface area contributed by atoms with Gasteiger partial charge in [-0.15, -0.1) is 0 Å². The molecule has 0 bridgehead atoms. The van der Waals surface area contributed by atoms with Gasteiger partial charge in [0.15, 0.2) is 0 Å². The SMILES string of the molecule is O=C(CCc1nc(-c2ccc3cc[nH]c3c2)no1)NCc1ccncc1. The first-order chi connectivity index (χ1) is 12.8. The van der Waals surface area contributed by atoms with Crippen LogP contribution in [0.15, 0.2) is 59.5 Å². The Morgan fingerprint density at radius 3 is 2.92 bits per heavy atom. The summed E-state index contributed by atoms with van der Waals surface area (Å²) in [6.45, 7) is 0.479. The van der Waals surface area contributed by atoms with E-state index in [4.69, 9.17) is 4.52 Å². The number of nitrogens with one attached hydrogen (secondary N) is 2. The van der Waals surface area contributed by atoms with Gasteiger partial charge in [-0.3, -0.25) is 9.78 Å². The van der Waals surface area contributed by atoms with Gasteiger partial charge in [0.05, 0.1) is 0 Å². The average Bonchev–Trinajstić information content (AvgIpc) is 3.34. The predicted molar refractivity (Wildman–Crippen MR) is 96.0 cm³/mol. The number of carbonyl (C=O) groups is 1. The lowest BCUT2D eigenvalue weighted by atomic mass is 10.1. The maximum absolute atomic E-state index is 12.0. The first-order valence-corrected chi connectivity index (χ1v) is 8.33. The van der Waals surface area contributed by atoms with E-state index in [-0.39, 0.29) is 5.91 Å². The van der Waals surface area contributed by atoms with E-state index in [0.29, 0.717) is 31.1 Å². The van der Waals surface area contributed by atoms with Gasteiger partial charge in [-0.2, -0.15) is 4.98 Å². The number of benzene rings is 1. The Morgan fingerprint density at radius 2 is 2.04 bits per heavy atom. The lowest BCUT2D eigenvalue weighted by Crippen LogP contribution is -2.23. The highest BCUT2D eigenvalue weighted by molar-refractivity contribution is 5.83. The number of amides is 1. The van der Waals surface area contributed by atoms with Gasteiger partial charge in [-0.1, -0.05) is 17.3 Å². The van der Waals surface area contributed by atoms with E-state index >= 15 is 0 Å². The molecule has 0 saturated carbocycles. The van der Waals surface area contributed by atoms with Crippen LogP contribution in [0.1, 0.15) is 17.9 Å². The van der Waals surface area contributed by atoms with Crippen LogP contribution < -0.4 is 5.32 Å². The van der Waals surface area contributed by atoms with Gasteiger partial charge in [0.25, 0.3) is 0 Å². The molecule has 1 aromatic carbocycles. The largest absolute Gasteiger partial charge is 0.361 e. The van der Waals surface area contributed by atoms with Crippen molar-refractivity contribution in [2.45, 2.75) is 19.4 Å². The van der Waals surface area contributed by atoms with Crippen molar-refractivity contribution in [2.24, 2.45) is 0 Å². The minimum absolute atomic E-state index is 0.0608. The Kier molecular flexibility index (Phi) is 4.42. The summed E-state index contributed by atoms with van der Waals surface area (Å²) in [5, 5.41) is 8.00. The van der Waals surface area contributed by atoms with E-state index < -0.39 is 0 Å². The van der Waals surface area contributed by atoms with Gasteiger partial charge < -0.3 is 14.8 Å². The molecular formula is C19H17N5O2. The monoisotopic (exact) mass is 347 g/mol. The molecule has 0 aliphatic carbocycles. The van der Waals surface area contributed by atoms with E-state index in [1.54, 1.807) is 12.4 Å². The Bertz CT molecular complexity index is 1020. The van der Waals surface area contributed by atoms with Crippen LogP contribution in [-0.4, -0.2) is 26.0 Å². The topological polar surface area (TPSA) is 96.7 Å². The molecule has 3 aromatic heterocycles. The Labute approximate surface area is 149 Å². The zero-order valence-corrected chi connectivity index (χ0v) is 14.0. The number of aryl methyl sites for hydroxylation is 1. The Balaban J connectivity index is 1.34. The number of carbonyl (C=O) groups excluding carboxylic acids is 1. The summed E-state index contributed by atoms with van der Waals surface area (Å²) < 4.78 is 5.27. The van der Waals surface area contributed by atoms with E-state index in [0.717, 1.165) is 22.0 Å². The Morgan fingerprint density at radius 1 is 1.15 bits per heavy atom. The summed E-state index contributed by atoms with van der Waals surface area (Å²) in [7, 11) is 0. The molecule has 0 aliphatic rings. The molecule has 7 nitrogen and oxygen atoms in total. The van der Waals surface area contributed by atoms with E-state index in [1.165, 1.54) is 0 Å². The van der Waals surface area contributed by atoms with Gasteiger partial charge in [-0.25, -0.2) is 0 Å². The molecule has 4 aromatic rings. The molecule has 0 unspecified atom stereocenters. The third-order valence-corrected chi connectivity index (χ3v) is 4.09. The summed E-state index contributed by atoms with van der Waals surface area (Å²) in [6, 6.07) is 11.7. The van der Waals surface area contributed by atoms with Crippen molar-refractivity contribution in [1.29, 1.82) is 0 Å². The maximum atomic E-state index is 12.0. The first-order valence-electron chi connectivity index (χ1n) is 8.33. The molecule has 7 heteroatoms. The third kappa shape index (κ3) is 3.61. The smallest absolute Gasteiger partial charge is 0.227 e. The number of hydrogen-bond acceptors (Lipinski definition) is 5. The van der Waals surface area contributed by atoms with Crippen molar-refractivity contribution in [3.63, 3.8) is 0 Å². The van der Waals surface area contributed by atoms with Crippen LogP contribution in [0.3, 0.4) is 0 Å². The van der Waals surface area contributed by atoms with Crippen LogP contribution in [0.25, 0.3) is 22.3 Å². The minimum atomic E-state index is -0.0608. The van der Waals surface area contributed by atoms with Crippen LogP contribution in [0.5, 0.6) is 0 Å². The molecule has 0 saturated heterocycles. The molecule has 0 radical (unpaired) electrons.